The third-order valence-electron chi connectivity index (χ3n) is 1.91. The van der Waals surface area contributed by atoms with Crippen LogP contribution in [0.25, 0.3) is 0 Å². The average Bonchev–Trinajstić information content (AvgIpc) is 2.26. The van der Waals surface area contributed by atoms with Crippen molar-refractivity contribution in [3.63, 3.8) is 0 Å². The van der Waals surface area contributed by atoms with Crippen LogP contribution >= 0.6 is 0 Å². The van der Waals surface area contributed by atoms with Crippen LogP contribution < -0.4 is 16.2 Å². The lowest BCUT2D eigenvalue weighted by Crippen LogP contribution is -2.21. The molecule has 0 bridgehead atoms. The minimum atomic E-state index is -0.731. The average molecular weight is 238 g/mol. The van der Waals surface area contributed by atoms with Gasteiger partial charge in [-0.3, -0.25) is 4.79 Å². The first-order chi connectivity index (χ1) is 8.06. The van der Waals surface area contributed by atoms with Crippen LogP contribution in [-0.4, -0.2) is 25.1 Å². The van der Waals surface area contributed by atoms with Crippen LogP contribution in [0.3, 0.4) is 0 Å². The van der Waals surface area contributed by atoms with E-state index in [0.29, 0.717) is 12.4 Å². The summed E-state index contributed by atoms with van der Waals surface area (Å²) in [4.78, 5) is 22.2. The first-order valence-corrected chi connectivity index (χ1v) is 5.03. The zero-order valence-corrected chi connectivity index (χ0v) is 9.43. The van der Waals surface area contributed by atoms with Crippen molar-refractivity contribution in [2.45, 2.75) is 6.92 Å². The van der Waals surface area contributed by atoms with Crippen molar-refractivity contribution in [1.82, 2.24) is 0 Å². The van der Waals surface area contributed by atoms with Crippen LogP contribution in [-0.2, 0) is 9.53 Å². The van der Waals surface area contributed by atoms with Gasteiger partial charge >= 0.3 is 5.97 Å². The molecule has 0 heterocycles. The number of primary amides is 1. The van der Waals surface area contributed by atoms with Gasteiger partial charge in [0.05, 0.1) is 6.61 Å². The van der Waals surface area contributed by atoms with Gasteiger partial charge in [0.2, 0.25) is 0 Å². The Labute approximate surface area is 98.5 Å². The van der Waals surface area contributed by atoms with E-state index in [2.05, 4.69) is 4.74 Å². The fraction of sp³-hybridized carbons (Fsp3) is 0.273. The van der Waals surface area contributed by atoms with Crippen molar-refractivity contribution in [3.8, 4) is 5.75 Å². The Morgan fingerprint density at radius 2 is 2.06 bits per heavy atom. The minimum absolute atomic E-state index is 0.107. The summed E-state index contributed by atoms with van der Waals surface area (Å²) >= 11 is 0. The molecule has 0 unspecified atom stereocenters. The summed E-state index contributed by atoms with van der Waals surface area (Å²) in [5.74, 6) is -1.14. The zero-order chi connectivity index (χ0) is 12.8. The minimum Gasteiger partial charge on any atom is -0.493 e. The Morgan fingerprint density at radius 1 is 1.35 bits per heavy atom. The van der Waals surface area contributed by atoms with E-state index >= 15 is 0 Å². The van der Waals surface area contributed by atoms with Gasteiger partial charge in [0, 0.05) is 5.69 Å². The molecule has 0 aliphatic rings. The Balaban J connectivity index is 2.94. The molecule has 1 aromatic carbocycles. The molecular weight excluding hydrogens is 224 g/mol. The fourth-order valence-electron chi connectivity index (χ4n) is 1.25. The van der Waals surface area contributed by atoms with Crippen molar-refractivity contribution < 1.29 is 19.1 Å². The maximum Gasteiger partial charge on any atom is 0.344 e. The third-order valence-corrected chi connectivity index (χ3v) is 1.91. The highest BCUT2D eigenvalue weighted by Crippen LogP contribution is 2.25. The van der Waals surface area contributed by atoms with Gasteiger partial charge in [-0.1, -0.05) is 6.07 Å². The van der Waals surface area contributed by atoms with Crippen molar-refractivity contribution in [3.05, 3.63) is 23.8 Å². The van der Waals surface area contributed by atoms with Crippen LogP contribution in [0.5, 0.6) is 5.75 Å². The molecule has 0 aromatic heterocycles. The number of nitrogen functional groups attached to an aromatic ring is 1. The largest absolute Gasteiger partial charge is 0.493 e. The second-order valence-electron chi connectivity index (χ2n) is 3.20. The lowest BCUT2D eigenvalue weighted by atomic mass is 10.1. The number of hydrogen-bond donors (Lipinski definition) is 2. The second kappa shape index (κ2) is 5.74. The molecule has 17 heavy (non-hydrogen) atoms. The van der Waals surface area contributed by atoms with Gasteiger partial charge in [-0.2, -0.15) is 0 Å². The van der Waals surface area contributed by atoms with Crippen LogP contribution in [0.4, 0.5) is 5.69 Å². The molecule has 0 saturated carbocycles. The Morgan fingerprint density at radius 3 is 2.65 bits per heavy atom. The molecule has 0 fully saturated rings. The van der Waals surface area contributed by atoms with Gasteiger partial charge in [-0.15, -0.1) is 0 Å². The molecule has 0 saturated heterocycles. The highest BCUT2D eigenvalue weighted by atomic mass is 16.5. The Bertz CT molecular complexity index is 431. The zero-order valence-electron chi connectivity index (χ0n) is 9.43. The van der Waals surface area contributed by atoms with E-state index in [1.54, 1.807) is 25.1 Å². The van der Waals surface area contributed by atoms with Gasteiger partial charge in [0.15, 0.2) is 6.61 Å². The van der Waals surface area contributed by atoms with Gasteiger partial charge in [-0.05, 0) is 19.1 Å². The van der Waals surface area contributed by atoms with E-state index in [1.165, 1.54) is 0 Å². The maximum atomic E-state index is 11.7. The second-order valence-corrected chi connectivity index (χ2v) is 3.20. The van der Waals surface area contributed by atoms with Crippen molar-refractivity contribution in [1.29, 1.82) is 0 Å². The molecule has 0 radical (unpaired) electrons. The molecular formula is C11H14N2O4. The fourth-order valence-corrected chi connectivity index (χ4v) is 1.25. The molecule has 6 nitrogen and oxygen atoms in total. The molecule has 6 heteroatoms. The number of esters is 1. The molecule has 1 aromatic rings. The summed E-state index contributed by atoms with van der Waals surface area (Å²) < 4.78 is 9.93. The number of carbonyl (C=O) groups excluding carboxylic acids is 2. The van der Waals surface area contributed by atoms with E-state index < -0.39 is 18.5 Å². The molecule has 0 spiro atoms. The molecule has 1 rings (SSSR count). The number of rotatable bonds is 5. The third kappa shape index (κ3) is 3.37. The first kappa shape index (κ1) is 12.8. The highest BCUT2D eigenvalue weighted by Gasteiger charge is 2.18. The molecule has 0 aliphatic carbocycles. The standard InChI is InChI=1S/C11H14N2O4/c1-2-16-8-5-3-4-7(12)10(8)11(15)17-6-9(13)14/h3-5H,2,6,12H2,1H3,(H2,13,14). The summed E-state index contributed by atoms with van der Waals surface area (Å²) in [6, 6.07) is 4.80. The topological polar surface area (TPSA) is 105 Å². The summed E-state index contributed by atoms with van der Waals surface area (Å²) in [5.41, 5.74) is 10.9. The van der Waals surface area contributed by atoms with Gasteiger partial charge in [0.25, 0.3) is 5.91 Å². The van der Waals surface area contributed by atoms with Crippen LogP contribution in [0, 0.1) is 0 Å². The smallest absolute Gasteiger partial charge is 0.344 e. The number of benzene rings is 1. The molecule has 92 valence electrons. The monoisotopic (exact) mass is 238 g/mol. The summed E-state index contributed by atoms with van der Waals surface area (Å²) in [6.45, 7) is 1.68. The van der Waals surface area contributed by atoms with Gasteiger partial charge < -0.3 is 20.9 Å². The summed E-state index contributed by atoms with van der Waals surface area (Å²) in [5, 5.41) is 0. The van der Waals surface area contributed by atoms with Crippen LogP contribution in [0.1, 0.15) is 17.3 Å². The molecule has 0 aliphatic heterocycles. The molecule has 1 amide bonds. The Kier molecular flexibility index (Phi) is 4.33. The number of nitrogens with two attached hydrogens (primary N) is 2. The van der Waals surface area contributed by atoms with E-state index in [1.807, 2.05) is 0 Å². The lowest BCUT2D eigenvalue weighted by molar-refractivity contribution is -0.121. The van der Waals surface area contributed by atoms with Crippen LogP contribution in [0.2, 0.25) is 0 Å². The SMILES string of the molecule is CCOc1cccc(N)c1C(=O)OCC(N)=O. The molecule has 0 atom stereocenters. The van der Waals surface area contributed by atoms with E-state index in [0.717, 1.165) is 0 Å². The first-order valence-electron chi connectivity index (χ1n) is 5.03. The summed E-state index contributed by atoms with van der Waals surface area (Å²) in [6.07, 6.45) is 0. The number of hydrogen-bond acceptors (Lipinski definition) is 5. The molecule has 4 N–H and O–H groups in total. The van der Waals surface area contributed by atoms with E-state index in [9.17, 15) is 9.59 Å². The van der Waals surface area contributed by atoms with Crippen molar-refractivity contribution in [2.24, 2.45) is 5.73 Å². The number of ether oxygens (including phenoxy) is 2. The lowest BCUT2D eigenvalue weighted by Gasteiger charge is -2.11. The van der Waals surface area contributed by atoms with Crippen LogP contribution in [0.15, 0.2) is 18.2 Å². The van der Waals surface area contributed by atoms with E-state index in [-0.39, 0.29) is 11.3 Å². The van der Waals surface area contributed by atoms with E-state index in [4.69, 9.17) is 16.2 Å². The number of anilines is 1. The predicted octanol–water partition coefficient (Wildman–Crippen LogP) is 0.310. The number of amides is 1. The van der Waals surface area contributed by atoms with Gasteiger partial charge in [-0.25, -0.2) is 4.79 Å². The Hall–Kier alpha value is -2.24. The summed E-state index contributed by atoms with van der Waals surface area (Å²) in [7, 11) is 0. The van der Waals surface area contributed by atoms with Crippen molar-refractivity contribution in [2.75, 3.05) is 18.9 Å². The maximum absolute atomic E-state index is 11.7. The van der Waals surface area contributed by atoms with Gasteiger partial charge in [0.1, 0.15) is 11.3 Å². The van der Waals surface area contributed by atoms with Crippen molar-refractivity contribution >= 4 is 17.6 Å². The highest BCUT2D eigenvalue weighted by molar-refractivity contribution is 5.99. The predicted molar refractivity (Wildman–Crippen MR) is 61.5 cm³/mol. The number of carbonyl (C=O) groups is 2. The quantitative estimate of drug-likeness (QED) is 0.567. The normalized spacial score (nSPS) is 9.71.